The van der Waals surface area contributed by atoms with Crippen molar-refractivity contribution in [2.24, 2.45) is 0 Å². The predicted molar refractivity (Wildman–Crippen MR) is 105 cm³/mol. The minimum Gasteiger partial charge on any atom is -0.489 e. The number of rotatable bonds is 3. The van der Waals surface area contributed by atoms with Crippen LogP contribution in [-0.4, -0.2) is 6.10 Å². The van der Waals surface area contributed by atoms with Gasteiger partial charge in [0.05, 0.1) is 0 Å². The summed E-state index contributed by atoms with van der Waals surface area (Å²) in [5.41, 5.74) is 5.77. The van der Waals surface area contributed by atoms with Crippen LogP contribution in [0.1, 0.15) is 16.7 Å². The average Bonchev–Trinajstić information content (AvgIpc) is 2.98. The highest BCUT2D eigenvalue weighted by molar-refractivity contribution is 6.31. The van der Waals surface area contributed by atoms with Crippen LogP contribution in [0.3, 0.4) is 0 Å². The Hall–Kier alpha value is -1.96. The fourth-order valence-electron chi connectivity index (χ4n) is 3.37. The Labute approximate surface area is 158 Å². The first-order chi connectivity index (χ1) is 12.1. The number of benzene rings is 3. The molecule has 126 valence electrons. The van der Waals surface area contributed by atoms with E-state index in [4.69, 9.17) is 27.9 Å². The number of hydrogen-bond donors (Lipinski definition) is 0. The number of fused-ring (bicyclic) bond motifs is 1. The zero-order valence-corrected chi connectivity index (χ0v) is 15.4. The fourth-order valence-corrected chi connectivity index (χ4v) is 3.80. The minimum atomic E-state index is 0.133. The molecule has 0 N–H and O–H groups in total. The molecule has 0 spiro atoms. The molecule has 0 amide bonds. The number of aryl methyl sites for hydroxylation is 1. The van der Waals surface area contributed by atoms with Crippen LogP contribution >= 0.6 is 23.2 Å². The molecule has 1 atom stereocenters. The summed E-state index contributed by atoms with van der Waals surface area (Å²) in [5.74, 6) is 0.934. The molecule has 1 nitrogen and oxygen atoms in total. The molecule has 1 unspecified atom stereocenters. The van der Waals surface area contributed by atoms with Gasteiger partial charge >= 0.3 is 0 Å². The maximum atomic E-state index is 6.35. The second-order valence-corrected chi connectivity index (χ2v) is 7.46. The van der Waals surface area contributed by atoms with E-state index >= 15 is 0 Å². The summed E-state index contributed by atoms with van der Waals surface area (Å²) < 4.78 is 6.32. The Balaban J connectivity index is 1.64. The zero-order valence-electron chi connectivity index (χ0n) is 13.9. The van der Waals surface area contributed by atoms with Crippen LogP contribution < -0.4 is 4.74 Å². The van der Waals surface area contributed by atoms with Crippen LogP contribution in [0, 0.1) is 6.92 Å². The van der Waals surface area contributed by atoms with Crippen LogP contribution in [0.25, 0.3) is 11.1 Å². The third-order valence-corrected chi connectivity index (χ3v) is 5.04. The second kappa shape index (κ2) is 6.74. The van der Waals surface area contributed by atoms with Gasteiger partial charge in [0.15, 0.2) is 0 Å². The van der Waals surface area contributed by atoms with Gasteiger partial charge in [0, 0.05) is 28.5 Å². The van der Waals surface area contributed by atoms with Crippen molar-refractivity contribution in [3.63, 3.8) is 0 Å². The topological polar surface area (TPSA) is 9.23 Å². The molecule has 3 aromatic carbocycles. The fraction of sp³-hybridized carbons (Fsp3) is 0.182. The second-order valence-electron chi connectivity index (χ2n) is 6.59. The Bertz CT molecular complexity index is 916. The van der Waals surface area contributed by atoms with Crippen molar-refractivity contribution in [3.05, 3.63) is 87.4 Å². The van der Waals surface area contributed by atoms with Crippen molar-refractivity contribution >= 4 is 23.2 Å². The largest absolute Gasteiger partial charge is 0.489 e. The predicted octanol–water partition coefficient (Wildman–Crippen LogP) is 6.52. The molecular formula is C22H18Cl2O. The summed E-state index contributed by atoms with van der Waals surface area (Å²) in [6.07, 6.45) is 1.90. The van der Waals surface area contributed by atoms with Gasteiger partial charge in [0.1, 0.15) is 11.9 Å². The summed E-state index contributed by atoms with van der Waals surface area (Å²) in [6.45, 7) is 2.10. The highest BCUT2D eigenvalue weighted by atomic mass is 35.5. The third kappa shape index (κ3) is 3.53. The Morgan fingerprint density at radius 1 is 0.960 bits per heavy atom. The van der Waals surface area contributed by atoms with E-state index in [1.165, 1.54) is 16.7 Å². The highest BCUT2D eigenvalue weighted by Crippen LogP contribution is 2.42. The van der Waals surface area contributed by atoms with Crippen molar-refractivity contribution < 1.29 is 4.74 Å². The molecule has 0 saturated heterocycles. The van der Waals surface area contributed by atoms with E-state index in [-0.39, 0.29) is 6.10 Å². The smallest absolute Gasteiger partial charge is 0.131 e. The Morgan fingerprint density at radius 3 is 2.52 bits per heavy atom. The molecule has 3 heteroatoms. The zero-order chi connectivity index (χ0) is 17.4. The summed E-state index contributed by atoms with van der Waals surface area (Å²) in [6, 6.07) is 20.4. The van der Waals surface area contributed by atoms with Crippen LogP contribution in [0.2, 0.25) is 10.0 Å². The van der Waals surface area contributed by atoms with Crippen molar-refractivity contribution in [2.75, 3.05) is 0 Å². The van der Waals surface area contributed by atoms with E-state index in [9.17, 15) is 0 Å². The Kier molecular flexibility index (Phi) is 4.45. The number of hydrogen-bond acceptors (Lipinski definition) is 1. The molecule has 0 aromatic heterocycles. The molecule has 1 aliphatic heterocycles. The van der Waals surface area contributed by atoms with Gasteiger partial charge < -0.3 is 4.74 Å². The summed E-state index contributed by atoms with van der Waals surface area (Å²) in [4.78, 5) is 0. The quantitative estimate of drug-likeness (QED) is 0.511. The van der Waals surface area contributed by atoms with Crippen LogP contribution in [0.5, 0.6) is 5.75 Å². The maximum Gasteiger partial charge on any atom is 0.131 e. The number of halogens is 2. The standard InChI is InChI=1S/C22H18Cl2O/c1-14-5-7-15(8-6-14)9-20-12-17-11-19(24)13-21(22(17)25-20)16-3-2-4-18(23)10-16/h2-8,10-11,13,20H,9,12H2,1H3. The normalized spacial score (nSPS) is 15.7. The van der Waals surface area contributed by atoms with Gasteiger partial charge in [-0.05, 0) is 47.9 Å². The molecule has 1 aliphatic rings. The molecule has 25 heavy (non-hydrogen) atoms. The molecule has 0 fully saturated rings. The van der Waals surface area contributed by atoms with E-state index in [1.54, 1.807) is 0 Å². The average molecular weight is 369 g/mol. The first kappa shape index (κ1) is 16.5. The van der Waals surface area contributed by atoms with E-state index in [0.29, 0.717) is 5.02 Å². The van der Waals surface area contributed by atoms with Gasteiger partial charge in [-0.2, -0.15) is 0 Å². The van der Waals surface area contributed by atoms with Gasteiger partial charge in [-0.3, -0.25) is 0 Å². The molecule has 3 aromatic rings. The summed E-state index contributed by atoms with van der Waals surface area (Å²) in [5, 5.41) is 1.44. The van der Waals surface area contributed by atoms with Gasteiger partial charge in [-0.15, -0.1) is 0 Å². The molecule has 0 saturated carbocycles. The molecule has 0 aliphatic carbocycles. The lowest BCUT2D eigenvalue weighted by Gasteiger charge is -2.13. The van der Waals surface area contributed by atoms with Gasteiger partial charge in [0.25, 0.3) is 0 Å². The van der Waals surface area contributed by atoms with Crippen molar-refractivity contribution in [2.45, 2.75) is 25.9 Å². The van der Waals surface area contributed by atoms with Gasteiger partial charge in [-0.1, -0.05) is 65.2 Å². The first-order valence-electron chi connectivity index (χ1n) is 8.39. The molecule has 1 heterocycles. The molecule has 4 rings (SSSR count). The molecule has 0 bridgehead atoms. The van der Waals surface area contributed by atoms with Crippen LogP contribution in [0.4, 0.5) is 0 Å². The van der Waals surface area contributed by atoms with E-state index < -0.39 is 0 Å². The van der Waals surface area contributed by atoms with Crippen LogP contribution in [0.15, 0.2) is 60.7 Å². The highest BCUT2D eigenvalue weighted by Gasteiger charge is 2.26. The van der Waals surface area contributed by atoms with Crippen LogP contribution in [-0.2, 0) is 12.8 Å². The molecular weight excluding hydrogens is 351 g/mol. The lowest BCUT2D eigenvalue weighted by molar-refractivity contribution is 0.234. The lowest BCUT2D eigenvalue weighted by atomic mass is 9.99. The summed E-state index contributed by atoms with van der Waals surface area (Å²) >= 11 is 12.5. The van der Waals surface area contributed by atoms with Crippen molar-refractivity contribution in [1.82, 2.24) is 0 Å². The third-order valence-electron chi connectivity index (χ3n) is 4.58. The summed E-state index contributed by atoms with van der Waals surface area (Å²) in [7, 11) is 0. The van der Waals surface area contributed by atoms with Crippen molar-refractivity contribution in [3.8, 4) is 16.9 Å². The van der Waals surface area contributed by atoms with Gasteiger partial charge in [-0.25, -0.2) is 0 Å². The maximum absolute atomic E-state index is 6.35. The molecule has 0 radical (unpaired) electrons. The first-order valence-corrected chi connectivity index (χ1v) is 9.14. The van der Waals surface area contributed by atoms with E-state index in [2.05, 4.69) is 31.2 Å². The minimum absolute atomic E-state index is 0.133. The van der Waals surface area contributed by atoms with Gasteiger partial charge in [0.2, 0.25) is 0 Å². The van der Waals surface area contributed by atoms with E-state index in [1.807, 2.05) is 36.4 Å². The Morgan fingerprint density at radius 2 is 1.76 bits per heavy atom. The van der Waals surface area contributed by atoms with E-state index in [0.717, 1.165) is 34.7 Å². The lowest BCUT2D eigenvalue weighted by Crippen LogP contribution is -2.16. The number of ether oxygens (including phenoxy) is 1. The monoisotopic (exact) mass is 368 g/mol. The van der Waals surface area contributed by atoms with Crippen molar-refractivity contribution in [1.29, 1.82) is 0 Å². The SMILES string of the molecule is Cc1ccc(CC2Cc3cc(Cl)cc(-c4cccc(Cl)c4)c3O2)cc1.